The van der Waals surface area contributed by atoms with E-state index in [9.17, 15) is 18.0 Å². The van der Waals surface area contributed by atoms with Crippen LogP contribution in [0.3, 0.4) is 0 Å². The molecule has 0 bridgehead atoms. The van der Waals surface area contributed by atoms with Crippen molar-refractivity contribution in [2.45, 2.75) is 71.1 Å². The molecule has 1 amide bonds. The number of aliphatic imine (C=N–C) groups is 1. The number of halogens is 3. The quantitative estimate of drug-likeness (QED) is 0.171. The van der Waals surface area contributed by atoms with Crippen LogP contribution in [-0.4, -0.2) is 39.4 Å². The third-order valence-electron chi connectivity index (χ3n) is 7.59. The van der Waals surface area contributed by atoms with E-state index < -0.39 is 6.36 Å². The van der Waals surface area contributed by atoms with Crippen molar-refractivity contribution >= 4 is 17.4 Å². The molecule has 3 aromatic carbocycles. The van der Waals surface area contributed by atoms with Crippen LogP contribution >= 0.6 is 0 Å². The maximum absolute atomic E-state index is 12.8. The lowest BCUT2D eigenvalue weighted by molar-refractivity contribution is -0.274. The monoisotopic (exact) mass is 603 g/mol. The smallest absolute Gasteiger partial charge is 0.406 e. The first-order valence-electron chi connectivity index (χ1n) is 15.0. The highest BCUT2D eigenvalue weighted by Gasteiger charge is 2.31. The van der Waals surface area contributed by atoms with Gasteiger partial charge < -0.3 is 9.64 Å². The van der Waals surface area contributed by atoms with E-state index in [0.717, 1.165) is 67.7 Å². The molecular formula is C34H36F3N5O2. The van der Waals surface area contributed by atoms with E-state index in [1.807, 2.05) is 30.3 Å². The lowest BCUT2D eigenvalue weighted by Gasteiger charge is -2.32. The van der Waals surface area contributed by atoms with Gasteiger partial charge in [0.15, 0.2) is 5.82 Å². The average Bonchev–Trinajstić information content (AvgIpc) is 3.50. The number of anilines is 1. The maximum Gasteiger partial charge on any atom is 0.573 e. The Morgan fingerprint density at radius 1 is 0.977 bits per heavy atom. The summed E-state index contributed by atoms with van der Waals surface area (Å²) in [5.41, 5.74) is 4.97. The van der Waals surface area contributed by atoms with Crippen LogP contribution in [0.2, 0.25) is 0 Å². The number of aryl methyl sites for hydroxylation is 1. The minimum atomic E-state index is -4.74. The summed E-state index contributed by atoms with van der Waals surface area (Å²) in [4.78, 5) is 24.0. The molecule has 1 aliphatic rings. The molecule has 0 saturated carbocycles. The molecule has 0 atom stereocenters. The molecule has 7 nitrogen and oxygen atoms in total. The minimum absolute atomic E-state index is 0.0616. The number of ether oxygens (including phenoxy) is 1. The molecule has 0 unspecified atom stereocenters. The van der Waals surface area contributed by atoms with Crippen LogP contribution in [0, 0.1) is 0 Å². The normalized spacial score (nSPS) is 14.8. The zero-order valence-corrected chi connectivity index (χ0v) is 24.9. The molecule has 44 heavy (non-hydrogen) atoms. The summed E-state index contributed by atoms with van der Waals surface area (Å²) in [5, 5.41) is 4.45. The van der Waals surface area contributed by atoms with Gasteiger partial charge in [0.2, 0.25) is 5.91 Å². The number of amidine groups is 1. The van der Waals surface area contributed by atoms with Crippen molar-refractivity contribution in [2.75, 3.05) is 11.4 Å². The summed E-state index contributed by atoms with van der Waals surface area (Å²) in [6, 6.07) is 21.8. The minimum Gasteiger partial charge on any atom is -0.406 e. The highest BCUT2D eigenvalue weighted by atomic mass is 19.4. The van der Waals surface area contributed by atoms with Gasteiger partial charge in [-0.2, -0.15) is 4.99 Å². The fraction of sp³-hybridized carbons (Fsp3) is 0.353. The van der Waals surface area contributed by atoms with E-state index in [4.69, 9.17) is 0 Å². The first-order valence-corrected chi connectivity index (χ1v) is 15.0. The summed E-state index contributed by atoms with van der Waals surface area (Å²) in [6.07, 6.45) is 2.63. The first-order chi connectivity index (χ1) is 21.2. The van der Waals surface area contributed by atoms with E-state index in [-0.39, 0.29) is 11.7 Å². The van der Waals surface area contributed by atoms with Crippen LogP contribution in [0.25, 0.3) is 17.1 Å². The van der Waals surface area contributed by atoms with Gasteiger partial charge in [0, 0.05) is 30.6 Å². The number of para-hydroxylation sites is 1. The lowest BCUT2D eigenvalue weighted by Crippen LogP contribution is -2.36. The molecular weight excluding hydrogens is 567 g/mol. The number of benzene rings is 3. The first kappa shape index (κ1) is 31.0. The Kier molecular flexibility index (Phi) is 9.77. The van der Waals surface area contributed by atoms with Crippen LogP contribution in [-0.2, 0) is 11.2 Å². The highest BCUT2D eigenvalue weighted by molar-refractivity contribution is 6.04. The zero-order valence-electron chi connectivity index (χ0n) is 24.9. The molecule has 1 fully saturated rings. The van der Waals surface area contributed by atoms with E-state index in [1.165, 1.54) is 40.8 Å². The summed E-state index contributed by atoms with van der Waals surface area (Å²) in [7, 11) is 0. The van der Waals surface area contributed by atoms with Crippen LogP contribution < -0.4 is 9.64 Å². The molecule has 0 aliphatic carbocycles. The van der Waals surface area contributed by atoms with Gasteiger partial charge in [-0.15, -0.1) is 18.3 Å². The fourth-order valence-corrected chi connectivity index (χ4v) is 5.36. The Morgan fingerprint density at radius 2 is 1.73 bits per heavy atom. The van der Waals surface area contributed by atoms with Crippen molar-refractivity contribution in [3.8, 4) is 22.8 Å². The average molecular weight is 604 g/mol. The summed E-state index contributed by atoms with van der Waals surface area (Å²) in [6.45, 7) is 5.26. The number of amides is 1. The second-order valence-electron chi connectivity index (χ2n) is 11.2. The standard InChI is InChI=1S/C34H36F3N5O2/c1-24(2)29-10-4-5-11-30(29)41-22-8-7-12-31(41)39-32(43)13-6-3-9-25-14-16-26(17-15-25)33-38-23-42(40-33)27-18-20-28(21-19-27)44-34(35,36)37/h4-5,10-11,14-21,23-24H,3,6-9,12-13,22H2,1-2H3. The Morgan fingerprint density at radius 3 is 2.45 bits per heavy atom. The second kappa shape index (κ2) is 13.9. The van der Waals surface area contributed by atoms with Crippen molar-refractivity contribution in [3.05, 3.63) is 90.3 Å². The van der Waals surface area contributed by atoms with Gasteiger partial charge in [-0.05, 0) is 79.5 Å². The van der Waals surface area contributed by atoms with Crippen molar-refractivity contribution in [3.63, 3.8) is 0 Å². The highest BCUT2D eigenvalue weighted by Crippen LogP contribution is 2.30. The molecule has 0 spiro atoms. The van der Waals surface area contributed by atoms with Gasteiger partial charge in [-0.1, -0.05) is 56.3 Å². The predicted octanol–water partition coefficient (Wildman–Crippen LogP) is 8.28. The second-order valence-corrected chi connectivity index (χ2v) is 11.2. The number of rotatable bonds is 10. The number of nitrogens with zero attached hydrogens (tertiary/aromatic N) is 5. The van der Waals surface area contributed by atoms with E-state index in [1.54, 1.807) is 0 Å². The molecule has 0 radical (unpaired) electrons. The van der Waals surface area contributed by atoms with Crippen molar-refractivity contribution in [1.29, 1.82) is 0 Å². The van der Waals surface area contributed by atoms with Gasteiger partial charge in [-0.25, -0.2) is 9.67 Å². The summed E-state index contributed by atoms with van der Waals surface area (Å²) in [5.74, 6) is 1.42. The molecule has 10 heteroatoms. The Hall–Kier alpha value is -4.47. The van der Waals surface area contributed by atoms with E-state index in [2.05, 4.69) is 56.8 Å². The Balaban J connectivity index is 1.12. The molecule has 1 aliphatic heterocycles. The van der Waals surface area contributed by atoms with Crippen molar-refractivity contribution in [2.24, 2.45) is 4.99 Å². The Bertz CT molecular complexity index is 1580. The number of piperidine rings is 1. The molecule has 2 heterocycles. The van der Waals surface area contributed by atoms with Gasteiger partial charge in [0.25, 0.3) is 0 Å². The molecule has 230 valence electrons. The summed E-state index contributed by atoms with van der Waals surface area (Å²) >= 11 is 0. The molecule has 4 aromatic rings. The van der Waals surface area contributed by atoms with Crippen molar-refractivity contribution in [1.82, 2.24) is 14.8 Å². The third-order valence-corrected chi connectivity index (χ3v) is 7.59. The fourth-order valence-electron chi connectivity index (χ4n) is 5.36. The lowest BCUT2D eigenvalue weighted by atomic mass is 9.98. The van der Waals surface area contributed by atoms with Crippen LogP contribution in [0.5, 0.6) is 5.75 Å². The molecule has 1 saturated heterocycles. The van der Waals surface area contributed by atoms with Crippen molar-refractivity contribution < 1.29 is 22.7 Å². The maximum atomic E-state index is 12.8. The number of carbonyl (C=O) groups excluding carboxylic acids is 1. The SMILES string of the molecule is CC(C)c1ccccc1N1CCCCC1=NC(=O)CCCCc1ccc(-c2ncn(-c3ccc(OC(F)(F)F)cc3)n2)cc1. The molecule has 1 aromatic heterocycles. The van der Waals surface area contributed by atoms with E-state index >= 15 is 0 Å². The summed E-state index contributed by atoms with van der Waals surface area (Å²) < 4.78 is 42.6. The van der Waals surface area contributed by atoms with Crippen LogP contribution in [0.4, 0.5) is 18.9 Å². The molecule has 5 rings (SSSR count). The number of carbonyl (C=O) groups is 1. The molecule has 0 N–H and O–H groups in total. The number of hydrogen-bond donors (Lipinski definition) is 0. The van der Waals surface area contributed by atoms with Crippen LogP contribution in [0.1, 0.15) is 69.4 Å². The van der Waals surface area contributed by atoms with Gasteiger partial charge in [0.05, 0.1) is 5.69 Å². The number of unbranched alkanes of at least 4 members (excludes halogenated alkanes) is 1. The number of alkyl halides is 3. The number of hydrogen-bond acceptors (Lipinski definition) is 4. The zero-order chi connectivity index (χ0) is 31.1. The largest absolute Gasteiger partial charge is 0.573 e. The van der Waals surface area contributed by atoms with Gasteiger partial charge in [-0.3, -0.25) is 4.79 Å². The van der Waals surface area contributed by atoms with Crippen LogP contribution in [0.15, 0.2) is 84.1 Å². The number of aromatic nitrogens is 3. The van der Waals surface area contributed by atoms with E-state index in [0.29, 0.717) is 23.9 Å². The van der Waals surface area contributed by atoms with Gasteiger partial charge in [0.1, 0.15) is 17.9 Å². The van der Waals surface area contributed by atoms with Gasteiger partial charge >= 0.3 is 6.36 Å². The topological polar surface area (TPSA) is 72.6 Å². The predicted molar refractivity (Wildman–Crippen MR) is 165 cm³/mol. The third kappa shape index (κ3) is 8.12. The Labute approximate surface area is 255 Å².